The van der Waals surface area contributed by atoms with Gasteiger partial charge < -0.3 is 14.5 Å². The molecule has 0 saturated carbocycles. The highest BCUT2D eigenvalue weighted by molar-refractivity contribution is 7.10. The summed E-state index contributed by atoms with van der Waals surface area (Å²) < 4.78 is 5.62. The molecule has 29 heavy (non-hydrogen) atoms. The largest absolute Gasteiger partial charge is 0.490 e. The lowest BCUT2D eigenvalue weighted by atomic mass is 10.2. The van der Waals surface area contributed by atoms with Gasteiger partial charge in [-0.3, -0.25) is 9.59 Å². The fourth-order valence-electron chi connectivity index (χ4n) is 3.35. The summed E-state index contributed by atoms with van der Waals surface area (Å²) in [6, 6.07) is 15.6. The Morgan fingerprint density at radius 2 is 1.62 bits per heavy atom. The lowest BCUT2D eigenvalue weighted by Gasteiger charge is -2.29. The molecule has 0 unspecified atom stereocenters. The van der Waals surface area contributed by atoms with Crippen molar-refractivity contribution in [3.63, 3.8) is 0 Å². The van der Waals surface area contributed by atoms with Crippen LogP contribution >= 0.6 is 22.7 Å². The van der Waals surface area contributed by atoms with E-state index in [0.29, 0.717) is 26.2 Å². The van der Waals surface area contributed by atoms with Crippen LogP contribution in [0.5, 0.6) is 5.75 Å². The van der Waals surface area contributed by atoms with Gasteiger partial charge in [0, 0.05) is 22.6 Å². The monoisotopic (exact) mass is 426 g/mol. The predicted molar refractivity (Wildman–Crippen MR) is 116 cm³/mol. The Hall–Kier alpha value is -2.64. The summed E-state index contributed by atoms with van der Waals surface area (Å²) in [5, 5.41) is 4.03. The molecule has 5 nitrogen and oxygen atoms in total. The predicted octanol–water partition coefficient (Wildman–Crippen LogP) is 4.54. The maximum absolute atomic E-state index is 13.0. The van der Waals surface area contributed by atoms with Gasteiger partial charge in [0.2, 0.25) is 11.8 Å². The van der Waals surface area contributed by atoms with E-state index in [9.17, 15) is 9.59 Å². The first-order valence-electron chi connectivity index (χ1n) is 9.55. The number of ether oxygens (including phenoxy) is 1. The van der Waals surface area contributed by atoms with E-state index in [1.807, 2.05) is 64.2 Å². The first-order chi connectivity index (χ1) is 14.2. The molecule has 2 aromatic heterocycles. The molecule has 0 N–H and O–H groups in total. The third-order valence-electron chi connectivity index (χ3n) is 4.79. The van der Waals surface area contributed by atoms with Gasteiger partial charge in [0.1, 0.15) is 12.4 Å². The summed E-state index contributed by atoms with van der Waals surface area (Å²) in [4.78, 5) is 31.7. The summed E-state index contributed by atoms with van der Waals surface area (Å²) in [5.74, 6) is 0.679. The molecular formula is C22H22N2O3S2. The number of benzene rings is 1. The van der Waals surface area contributed by atoms with Crippen LogP contribution in [-0.4, -0.2) is 29.9 Å². The summed E-state index contributed by atoms with van der Waals surface area (Å²) in [6.45, 7) is 2.13. The molecular weight excluding hydrogens is 404 g/mol. The highest BCUT2D eigenvalue weighted by atomic mass is 32.1. The Morgan fingerprint density at radius 1 is 0.931 bits per heavy atom. The zero-order valence-corrected chi connectivity index (χ0v) is 17.6. The van der Waals surface area contributed by atoms with E-state index in [0.717, 1.165) is 21.2 Å². The van der Waals surface area contributed by atoms with Gasteiger partial charge in [-0.25, -0.2) is 0 Å². The smallest absolute Gasteiger partial charge is 0.227 e. The minimum atomic E-state index is -0.0405. The molecule has 3 heterocycles. The van der Waals surface area contributed by atoms with Crippen molar-refractivity contribution in [1.29, 1.82) is 0 Å². The Kier molecular flexibility index (Phi) is 6.27. The molecule has 0 aliphatic carbocycles. The van der Waals surface area contributed by atoms with E-state index in [-0.39, 0.29) is 24.7 Å². The fraction of sp³-hybridized carbons (Fsp3) is 0.273. The number of amides is 2. The van der Waals surface area contributed by atoms with E-state index in [1.54, 1.807) is 27.6 Å². The minimum Gasteiger partial charge on any atom is -0.490 e. The number of carbonyl (C=O) groups is 2. The number of fused-ring (bicyclic) bond motifs is 1. The van der Waals surface area contributed by atoms with Crippen LogP contribution in [0, 0.1) is 0 Å². The lowest BCUT2D eigenvalue weighted by molar-refractivity contribution is -0.134. The molecule has 3 aromatic rings. The van der Waals surface area contributed by atoms with E-state index in [2.05, 4.69) is 0 Å². The molecule has 0 saturated heterocycles. The van der Waals surface area contributed by atoms with Crippen molar-refractivity contribution in [3.05, 3.63) is 69.0 Å². The van der Waals surface area contributed by atoms with E-state index in [1.165, 1.54) is 0 Å². The van der Waals surface area contributed by atoms with Gasteiger partial charge in [0.25, 0.3) is 0 Å². The second kappa shape index (κ2) is 9.24. The summed E-state index contributed by atoms with van der Waals surface area (Å²) >= 11 is 3.28. The van der Waals surface area contributed by atoms with Gasteiger partial charge in [-0.2, -0.15) is 0 Å². The first kappa shape index (κ1) is 19.7. The third kappa shape index (κ3) is 4.86. The highest BCUT2D eigenvalue weighted by Crippen LogP contribution is 2.31. The molecule has 4 rings (SSSR count). The summed E-state index contributed by atoms with van der Waals surface area (Å²) in [6.07, 6.45) is 0.396. The van der Waals surface area contributed by atoms with Crippen LogP contribution in [0.2, 0.25) is 0 Å². The zero-order valence-electron chi connectivity index (χ0n) is 16.0. The number of nitrogens with zero attached hydrogens (tertiary/aromatic N) is 2. The SMILES string of the molecule is O=C(CCC(=O)N1CCOc2ccccc21)N(Cc1cccs1)Cc1cccs1. The van der Waals surface area contributed by atoms with Crippen molar-refractivity contribution in [1.82, 2.24) is 4.90 Å². The van der Waals surface area contributed by atoms with E-state index < -0.39 is 0 Å². The van der Waals surface area contributed by atoms with E-state index in [4.69, 9.17) is 4.74 Å². The molecule has 1 aliphatic rings. The topological polar surface area (TPSA) is 49.9 Å². The molecule has 0 fully saturated rings. The lowest BCUT2D eigenvalue weighted by Crippen LogP contribution is -2.38. The van der Waals surface area contributed by atoms with Crippen LogP contribution in [0.25, 0.3) is 0 Å². The average molecular weight is 427 g/mol. The quantitative estimate of drug-likeness (QED) is 0.557. The van der Waals surface area contributed by atoms with Crippen molar-refractivity contribution < 1.29 is 14.3 Å². The van der Waals surface area contributed by atoms with Gasteiger partial charge >= 0.3 is 0 Å². The van der Waals surface area contributed by atoms with Gasteiger partial charge in [0.15, 0.2) is 0 Å². The number of rotatable bonds is 7. The second-order valence-corrected chi connectivity index (χ2v) is 8.83. The minimum absolute atomic E-state index is 0.00157. The maximum atomic E-state index is 13.0. The van der Waals surface area contributed by atoms with E-state index >= 15 is 0 Å². The van der Waals surface area contributed by atoms with Crippen molar-refractivity contribution >= 4 is 40.2 Å². The standard InChI is InChI=1S/C22H22N2O3S2/c25-21(23(15-17-5-3-13-28-17)16-18-6-4-14-29-18)9-10-22(26)24-11-12-27-20-8-2-1-7-19(20)24/h1-8,13-14H,9-12,15-16H2. The van der Waals surface area contributed by atoms with Crippen molar-refractivity contribution in [3.8, 4) is 5.75 Å². The van der Waals surface area contributed by atoms with Gasteiger partial charge in [0.05, 0.1) is 25.3 Å². The Morgan fingerprint density at radius 3 is 2.28 bits per heavy atom. The number of hydrogen-bond donors (Lipinski definition) is 0. The van der Waals surface area contributed by atoms with Crippen LogP contribution in [0.15, 0.2) is 59.3 Å². The molecule has 150 valence electrons. The number of carbonyl (C=O) groups excluding carboxylic acids is 2. The number of para-hydroxylation sites is 2. The second-order valence-electron chi connectivity index (χ2n) is 6.77. The van der Waals surface area contributed by atoms with Crippen LogP contribution in [0.1, 0.15) is 22.6 Å². The molecule has 0 atom stereocenters. The van der Waals surface area contributed by atoms with Crippen LogP contribution in [0.3, 0.4) is 0 Å². The fourth-order valence-corrected chi connectivity index (χ4v) is 4.79. The third-order valence-corrected chi connectivity index (χ3v) is 6.51. The Balaban J connectivity index is 1.40. The molecule has 0 bridgehead atoms. The molecule has 1 aromatic carbocycles. The van der Waals surface area contributed by atoms with Crippen molar-refractivity contribution in [2.24, 2.45) is 0 Å². The Bertz CT molecular complexity index is 918. The van der Waals surface area contributed by atoms with Gasteiger partial charge in [-0.1, -0.05) is 24.3 Å². The van der Waals surface area contributed by atoms with Crippen molar-refractivity contribution in [2.45, 2.75) is 25.9 Å². The zero-order chi connectivity index (χ0) is 20.1. The van der Waals surface area contributed by atoms with Crippen molar-refractivity contribution in [2.75, 3.05) is 18.1 Å². The highest BCUT2D eigenvalue weighted by Gasteiger charge is 2.24. The van der Waals surface area contributed by atoms with Gasteiger partial charge in [-0.15, -0.1) is 22.7 Å². The number of thiophene rings is 2. The molecule has 1 aliphatic heterocycles. The summed E-state index contributed by atoms with van der Waals surface area (Å²) in [7, 11) is 0. The molecule has 0 spiro atoms. The van der Waals surface area contributed by atoms with Crippen LogP contribution in [0.4, 0.5) is 5.69 Å². The van der Waals surface area contributed by atoms with Gasteiger partial charge in [-0.05, 0) is 35.0 Å². The first-order valence-corrected chi connectivity index (χ1v) is 11.3. The maximum Gasteiger partial charge on any atom is 0.227 e. The number of hydrogen-bond acceptors (Lipinski definition) is 5. The van der Waals surface area contributed by atoms with Crippen LogP contribution in [-0.2, 0) is 22.7 Å². The number of anilines is 1. The molecule has 7 heteroatoms. The molecule has 2 amide bonds. The Labute approximate surface area is 178 Å². The summed E-state index contributed by atoms with van der Waals surface area (Å²) in [5.41, 5.74) is 0.783. The molecule has 0 radical (unpaired) electrons. The normalized spacial score (nSPS) is 12.9. The average Bonchev–Trinajstić information content (AvgIpc) is 3.45. The van der Waals surface area contributed by atoms with Crippen LogP contribution < -0.4 is 9.64 Å².